The van der Waals surface area contributed by atoms with E-state index in [0.717, 1.165) is 6.54 Å². The third-order valence-corrected chi connectivity index (χ3v) is 0.547. The molecule has 48 valence electrons. The second kappa shape index (κ2) is 6.58. The number of aliphatic hydroxyl groups is 1. The Bertz CT molecular complexity index is 32.9. The molecule has 0 aliphatic carbocycles. The van der Waals surface area contributed by atoms with Crippen LogP contribution in [0.5, 0.6) is 0 Å². The summed E-state index contributed by atoms with van der Waals surface area (Å²) < 4.78 is 0. The molecule has 1 N–H and O–H groups in total. The van der Waals surface area contributed by atoms with Gasteiger partial charge in [-0.05, 0) is 14.1 Å². The van der Waals surface area contributed by atoms with E-state index in [1.807, 2.05) is 19.0 Å². The van der Waals surface area contributed by atoms with Gasteiger partial charge in [0.2, 0.25) is 0 Å². The fourth-order valence-corrected chi connectivity index (χ4v) is 0.200. The third-order valence-electron chi connectivity index (χ3n) is 0.547. The standard InChI is InChI=1S/C4H11NO.Pd/c1-5(2)3-4-6;/h6H,3-4H2,1-2H3;. The summed E-state index contributed by atoms with van der Waals surface area (Å²) in [5.41, 5.74) is 0. The molecule has 2 nitrogen and oxygen atoms in total. The molecule has 7 heavy (non-hydrogen) atoms. The Morgan fingerprint density at radius 1 is 1.43 bits per heavy atom. The van der Waals surface area contributed by atoms with Gasteiger partial charge in [-0.2, -0.15) is 0 Å². The molecular weight excluding hydrogens is 184 g/mol. The quantitative estimate of drug-likeness (QED) is 0.603. The molecule has 0 saturated heterocycles. The van der Waals surface area contributed by atoms with Crippen molar-refractivity contribution in [2.45, 2.75) is 0 Å². The smallest absolute Gasteiger partial charge is 0.0558 e. The number of hydrogen-bond donors (Lipinski definition) is 1. The summed E-state index contributed by atoms with van der Waals surface area (Å²) >= 11 is 0. The van der Waals surface area contributed by atoms with Crippen molar-refractivity contribution in [2.75, 3.05) is 27.2 Å². The second-order valence-electron chi connectivity index (χ2n) is 1.53. The van der Waals surface area contributed by atoms with Gasteiger partial charge in [0.25, 0.3) is 0 Å². The van der Waals surface area contributed by atoms with E-state index in [1.165, 1.54) is 0 Å². The van der Waals surface area contributed by atoms with Crippen molar-refractivity contribution in [3.63, 3.8) is 0 Å². The van der Waals surface area contributed by atoms with Crippen LogP contribution in [0.2, 0.25) is 0 Å². The van der Waals surface area contributed by atoms with Crippen molar-refractivity contribution in [2.24, 2.45) is 0 Å². The van der Waals surface area contributed by atoms with Gasteiger partial charge in [-0.15, -0.1) is 0 Å². The molecule has 0 aliphatic rings. The van der Waals surface area contributed by atoms with Crippen molar-refractivity contribution < 1.29 is 25.5 Å². The van der Waals surface area contributed by atoms with Crippen LogP contribution in [-0.4, -0.2) is 37.3 Å². The Balaban J connectivity index is 0. The molecule has 0 rings (SSSR count). The van der Waals surface area contributed by atoms with E-state index in [1.54, 1.807) is 0 Å². The molecular formula is C4H11NOPd. The minimum Gasteiger partial charge on any atom is -0.395 e. The van der Waals surface area contributed by atoms with Gasteiger partial charge in [0, 0.05) is 27.0 Å². The first-order valence-electron chi connectivity index (χ1n) is 2.03. The first-order chi connectivity index (χ1) is 2.77. The van der Waals surface area contributed by atoms with Crippen LogP contribution in [0.15, 0.2) is 0 Å². The summed E-state index contributed by atoms with van der Waals surface area (Å²) in [6.07, 6.45) is 0. The monoisotopic (exact) mass is 195 g/mol. The second-order valence-corrected chi connectivity index (χ2v) is 1.53. The zero-order valence-electron chi connectivity index (χ0n) is 4.62. The Kier molecular flexibility index (Phi) is 9.91. The Morgan fingerprint density at radius 2 is 1.86 bits per heavy atom. The third kappa shape index (κ3) is 10.8. The van der Waals surface area contributed by atoms with E-state index >= 15 is 0 Å². The van der Waals surface area contributed by atoms with Crippen LogP contribution < -0.4 is 0 Å². The average molecular weight is 196 g/mol. The predicted octanol–water partition coefficient (Wildman–Crippen LogP) is -0.462. The van der Waals surface area contributed by atoms with Crippen LogP contribution >= 0.6 is 0 Å². The molecule has 0 atom stereocenters. The minimum absolute atomic E-state index is 0. The van der Waals surface area contributed by atoms with Crippen LogP contribution in [0.3, 0.4) is 0 Å². The molecule has 0 unspecified atom stereocenters. The zero-order chi connectivity index (χ0) is 4.99. The van der Waals surface area contributed by atoms with Gasteiger partial charge in [0.15, 0.2) is 0 Å². The molecule has 0 heterocycles. The number of rotatable bonds is 2. The van der Waals surface area contributed by atoms with E-state index in [0.29, 0.717) is 0 Å². The summed E-state index contributed by atoms with van der Waals surface area (Å²) in [7, 11) is 3.85. The van der Waals surface area contributed by atoms with Crippen LogP contribution in [0.4, 0.5) is 0 Å². The molecule has 0 aliphatic heterocycles. The number of aliphatic hydroxyl groups excluding tert-OH is 1. The Labute approximate surface area is 58.2 Å². The van der Waals surface area contributed by atoms with Crippen molar-refractivity contribution in [3.8, 4) is 0 Å². The van der Waals surface area contributed by atoms with Gasteiger partial charge in [-0.1, -0.05) is 0 Å². The molecule has 0 aromatic carbocycles. The van der Waals surface area contributed by atoms with E-state index in [2.05, 4.69) is 0 Å². The maximum atomic E-state index is 8.20. The Hall–Kier alpha value is 0.582. The summed E-state index contributed by atoms with van der Waals surface area (Å²) in [5.74, 6) is 0. The van der Waals surface area contributed by atoms with Crippen molar-refractivity contribution in [1.82, 2.24) is 4.90 Å². The van der Waals surface area contributed by atoms with Gasteiger partial charge in [0.1, 0.15) is 0 Å². The molecule has 0 saturated carbocycles. The number of likely N-dealkylation sites (N-methyl/N-ethyl adjacent to an activating group) is 1. The maximum absolute atomic E-state index is 8.20. The first-order valence-corrected chi connectivity index (χ1v) is 2.03. The summed E-state index contributed by atoms with van der Waals surface area (Å²) in [6.45, 7) is 1.02. The van der Waals surface area contributed by atoms with Crippen LogP contribution in [0, 0.1) is 0 Å². The van der Waals surface area contributed by atoms with Gasteiger partial charge in [-0.3, -0.25) is 0 Å². The van der Waals surface area contributed by atoms with Gasteiger partial charge in [-0.25, -0.2) is 0 Å². The van der Waals surface area contributed by atoms with Crippen molar-refractivity contribution >= 4 is 0 Å². The molecule has 0 aromatic heterocycles. The van der Waals surface area contributed by atoms with Crippen molar-refractivity contribution in [3.05, 3.63) is 0 Å². The molecule has 0 fully saturated rings. The van der Waals surface area contributed by atoms with Gasteiger partial charge < -0.3 is 10.0 Å². The SMILES string of the molecule is CN(C)CCO.[Pd]. The first kappa shape index (κ1) is 10.5. The predicted molar refractivity (Wildman–Crippen MR) is 25.6 cm³/mol. The zero-order valence-corrected chi connectivity index (χ0v) is 6.18. The van der Waals surface area contributed by atoms with Crippen LogP contribution in [-0.2, 0) is 20.4 Å². The van der Waals surface area contributed by atoms with E-state index in [4.69, 9.17) is 5.11 Å². The number of hydrogen-bond acceptors (Lipinski definition) is 2. The minimum atomic E-state index is 0. The molecule has 0 aromatic rings. The Morgan fingerprint density at radius 3 is 1.86 bits per heavy atom. The summed E-state index contributed by atoms with van der Waals surface area (Å²) in [6, 6.07) is 0. The van der Waals surface area contributed by atoms with E-state index < -0.39 is 0 Å². The molecule has 0 bridgehead atoms. The maximum Gasteiger partial charge on any atom is 0.0558 e. The molecule has 3 heteroatoms. The van der Waals surface area contributed by atoms with Gasteiger partial charge >= 0.3 is 0 Å². The van der Waals surface area contributed by atoms with E-state index in [-0.39, 0.29) is 27.0 Å². The summed E-state index contributed by atoms with van der Waals surface area (Å²) in [5, 5.41) is 8.20. The fraction of sp³-hybridized carbons (Fsp3) is 1.00. The van der Waals surface area contributed by atoms with Crippen LogP contribution in [0.25, 0.3) is 0 Å². The molecule has 0 spiro atoms. The van der Waals surface area contributed by atoms with Gasteiger partial charge in [0.05, 0.1) is 6.61 Å². The number of nitrogens with zero attached hydrogens (tertiary/aromatic N) is 1. The topological polar surface area (TPSA) is 23.5 Å². The van der Waals surface area contributed by atoms with E-state index in [9.17, 15) is 0 Å². The molecule has 0 radical (unpaired) electrons. The summed E-state index contributed by atoms with van der Waals surface area (Å²) in [4.78, 5) is 1.93. The normalized spacial score (nSPS) is 8.57. The van der Waals surface area contributed by atoms with Crippen LogP contribution in [0.1, 0.15) is 0 Å². The fourth-order valence-electron chi connectivity index (χ4n) is 0.200. The largest absolute Gasteiger partial charge is 0.395 e. The van der Waals surface area contributed by atoms with Crippen molar-refractivity contribution in [1.29, 1.82) is 0 Å². The molecule has 0 amide bonds. The average Bonchev–Trinajstić information content (AvgIpc) is 1.35.